The molecule has 0 unspecified atom stereocenters. The minimum absolute atomic E-state index is 0.249. The van der Waals surface area contributed by atoms with Crippen LogP contribution in [0.5, 0.6) is 5.75 Å². The number of aromatic nitrogens is 2. The molecule has 0 radical (unpaired) electrons. The molecule has 0 aliphatic carbocycles. The Labute approximate surface area is 105 Å². The second-order valence-corrected chi connectivity index (χ2v) is 4.61. The Bertz CT molecular complexity index is 728. The summed E-state index contributed by atoms with van der Waals surface area (Å²) in [6.45, 7) is 4.14. The molecule has 0 bridgehead atoms. The van der Waals surface area contributed by atoms with Gasteiger partial charge in [-0.15, -0.1) is 0 Å². The highest BCUT2D eigenvalue weighted by Gasteiger charge is 2.08. The van der Waals surface area contributed by atoms with Crippen molar-refractivity contribution in [1.82, 2.24) is 9.97 Å². The fourth-order valence-corrected chi connectivity index (χ4v) is 2.12. The average molecular weight is 238 g/mol. The van der Waals surface area contributed by atoms with Gasteiger partial charge in [0, 0.05) is 11.6 Å². The lowest BCUT2D eigenvalue weighted by atomic mass is 10.1. The highest BCUT2D eigenvalue weighted by molar-refractivity contribution is 5.81. The number of aromatic hydroxyl groups is 1. The van der Waals surface area contributed by atoms with Crippen LogP contribution in [0.2, 0.25) is 0 Å². The molecule has 0 fully saturated rings. The third-order valence-electron chi connectivity index (χ3n) is 3.11. The molecule has 3 rings (SSSR count). The Morgan fingerprint density at radius 2 is 1.89 bits per heavy atom. The predicted molar refractivity (Wildman–Crippen MR) is 72.7 cm³/mol. The van der Waals surface area contributed by atoms with E-state index >= 15 is 0 Å². The monoisotopic (exact) mass is 238 g/mol. The quantitative estimate of drug-likeness (QED) is 0.681. The van der Waals surface area contributed by atoms with Gasteiger partial charge in [-0.25, -0.2) is 4.98 Å². The first kappa shape index (κ1) is 10.8. The van der Waals surface area contributed by atoms with Gasteiger partial charge in [0.15, 0.2) is 0 Å². The van der Waals surface area contributed by atoms with Gasteiger partial charge in [0.25, 0.3) is 0 Å². The second kappa shape index (κ2) is 3.88. The number of hydrogen-bond acceptors (Lipinski definition) is 2. The van der Waals surface area contributed by atoms with E-state index in [1.54, 1.807) is 12.1 Å². The molecule has 2 aromatic carbocycles. The molecule has 3 nitrogen and oxygen atoms in total. The Balaban J connectivity index is 2.22. The lowest BCUT2D eigenvalue weighted by Crippen LogP contribution is -1.86. The molecule has 0 saturated carbocycles. The van der Waals surface area contributed by atoms with E-state index in [1.165, 1.54) is 11.1 Å². The molecule has 0 amide bonds. The van der Waals surface area contributed by atoms with Gasteiger partial charge in [0.1, 0.15) is 11.6 Å². The zero-order chi connectivity index (χ0) is 12.7. The second-order valence-electron chi connectivity index (χ2n) is 4.61. The first-order valence-corrected chi connectivity index (χ1v) is 5.90. The topological polar surface area (TPSA) is 48.9 Å². The lowest BCUT2D eigenvalue weighted by Gasteiger charge is -2.03. The average Bonchev–Trinajstić information content (AvgIpc) is 2.74. The van der Waals surface area contributed by atoms with Crippen LogP contribution >= 0.6 is 0 Å². The molecule has 1 aromatic heterocycles. The molecule has 3 aromatic rings. The van der Waals surface area contributed by atoms with E-state index < -0.39 is 0 Å². The Hall–Kier alpha value is -2.29. The van der Waals surface area contributed by atoms with Crippen molar-refractivity contribution in [3.8, 4) is 17.1 Å². The number of phenolic OH excluding ortho intramolecular Hbond substituents is 1. The summed E-state index contributed by atoms with van der Waals surface area (Å²) in [4.78, 5) is 7.81. The first-order chi connectivity index (χ1) is 8.63. The number of imidazole rings is 1. The largest absolute Gasteiger partial charge is 0.508 e. The molecule has 1 heterocycles. The number of nitrogens with one attached hydrogen (secondary N) is 1. The number of rotatable bonds is 1. The van der Waals surface area contributed by atoms with Crippen molar-refractivity contribution in [2.24, 2.45) is 0 Å². The molecule has 2 N–H and O–H groups in total. The molecular formula is C15H14N2O. The van der Waals surface area contributed by atoms with E-state index in [9.17, 15) is 5.11 Å². The van der Waals surface area contributed by atoms with Crippen molar-refractivity contribution >= 4 is 11.0 Å². The van der Waals surface area contributed by atoms with Crippen LogP contribution in [0.3, 0.4) is 0 Å². The summed E-state index contributed by atoms with van der Waals surface area (Å²) < 4.78 is 0. The third kappa shape index (κ3) is 1.74. The summed E-state index contributed by atoms with van der Waals surface area (Å²) in [6, 6.07) is 11.5. The minimum atomic E-state index is 0.249. The number of fused-ring (bicyclic) bond motifs is 1. The van der Waals surface area contributed by atoms with Crippen molar-refractivity contribution in [3.05, 3.63) is 47.5 Å². The van der Waals surface area contributed by atoms with E-state index in [4.69, 9.17) is 0 Å². The van der Waals surface area contributed by atoms with E-state index in [0.29, 0.717) is 0 Å². The summed E-state index contributed by atoms with van der Waals surface area (Å²) in [7, 11) is 0. The molecule has 0 atom stereocenters. The zero-order valence-electron chi connectivity index (χ0n) is 10.4. The smallest absolute Gasteiger partial charge is 0.138 e. The minimum Gasteiger partial charge on any atom is -0.508 e. The summed E-state index contributed by atoms with van der Waals surface area (Å²) in [5.74, 6) is 1.09. The van der Waals surface area contributed by atoms with Crippen molar-refractivity contribution in [2.45, 2.75) is 13.8 Å². The van der Waals surface area contributed by atoms with Crippen LogP contribution in [0.1, 0.15) is 11.1 Å². The number of benzene rings is 2. The lowest BCUT2D eigenvalue weighted by molar-refractivity contribution is 0.476. The van der Waals surface area contributed by atoms with Gasteiger partial charge in [-0.2, -0.15) is 0 Å². The zero-order valence-corrected chi connectivity index (χ0v) is 10.4. The number of H-pyrrole nitrogens is 1. The van der Waals surface area contributed by atoms with Crippen LogP contribution in [0.15, 0.2) is 36.4 Å². The van der Waals surface area contributed by atoms with Gasteiger partial charge in [-0.05, 0) is 37.6 Å². The highest BCUT2D eigenvalue weighted by Crippen LogP contribution is 2.26. The van der Waals surface area contributed by atoms with Crippen LogP contribution < -0.4 is 0 Å². The number of aromatic amines is 1. The van der Waals surface area contributed by atoms with Crippen molar-refractivity contribution in [2.75, 3.05) is 0 Å². The Kier molecular flexibility index (Phi) is 2.33. The van der Waals surface area contributed by atoms with Crippen molar-refractivity contribution < 1.29 is 5.11 Å². The molecule has 18 heavy (non-hydrogen) atoms. The Morgan fingerprint density at radius 3 is 2.72 bits per heavy atom. The molecule has 0 spiro atoms. The van der Waals surface area contributed by atoms with Gasteiger partial charge in [0.05, 0.1) is 11.0 Å². The number of phenols is 1. The summed E-state index contributed by atoms with van der Waals surface area (Å²) in [6.07, 6.45) is 0. The number of hydrogen-bond donors (Lipinski definition) is 2. The van der Waals surface area contributed by atoms with Gasteiger partial charge in [0.2, 0.25) is 0 Å². The van der Waals surface area contributed by atoms with E-state index in [2.05, 4.69) is 42.0 Å². The first-order valence-electron chi connectivity index (χ1n) is 5.90. The molecule has 0 aliphatic rings. The number of nitrogens with zero attached hydrogens (tertiary/aromatic N) is 1. The van der Waals surface area contributed by atoms with Crippen LogP contribution in [0.4, 0.5) is 0 Å². The van der Waals surface area contributed by atoms with E-state index in [1.807, 2.05) is 6.07 Å². The standard InChI is InChI=1S/C15H14N2O/c1-9-3-4-10(2)12(7-9)15-16-13-6-5-11(18)8-14(13)17-15/h3-8,18H,1-2H3,(H,16,17). The predicted octanol–water partition coefficient (Wildman–Crippen LogP) is 3.55. The molecule has 3 heteroatoms. The Morgan fingerprint density at radius 1 is 1.06 bits per heavy atom. The van der Waals surface area contributed by atoms with Crippen molar-refractivity contribution in [1.29, 1.82) is 0 Å². The van der Waals surface area contributed by atoms with Crippen LogP contribution in [-0.4, -0.2) is 15.1 Å². The van der Waals surface area contributed by atoms with Gasteiger partial charge in [-0.3, -0.25) is 0 Å². The summed E-state index contributed by atoms with van der Waals surface area (Å²) >= 11 is 0. The third-order valence-corrected chi connectivity index (χ3v) is 3.11. The molecule has 0 saturated heterocycles. The van der Waals surface area contributed by atoms with E-state index in [-0.39, 0.29) is 5.75 Å². The maximum Gasteiger partial charge on any atom is 0.138 e. The van der Waals surface area contributed by atoms with Crippen LogP contribution in [0.25, 0.3) is 22.4 Å². The maximum absolute atomic E-state index is 9.46. The maximum atomic E-state index is 9.46. The van der Waals surface area contributed by atoms with Crippen molar-refractivity contribution in [3.63, 3.8) is 0 Å². The highest BCUT2D eigenvalue weighted by atomic mass is 16.3. The van der Waals surface area contributed by atoms with Gasteiger partial charge < -0.3 is 10.1 Å². The molecular weight excluding hydrogens is 224 g/mol. The fraction of sp³-hybridized carbons (Fsp3) is 0.133. The fourth-order valence-electron chi connectivity index (χ4n) is 2.12. The van der Waals surface area contributed by atoms with Crippen LogP contribution in [-0.2, 0) is 0 Å². The van der Waals surface area contributed by atoms with E-state index in [0.717, 1.165) is 22.4 Å². The molecule has 90 valence electrons. The normalized spacial score (nSPS) is 11.0. The van der Waals surface area contributed by atoms with Crippen LogP contribution in [0, 0.1) is 13.8 Å². The summed E-state index contributed by atoms with van der Waals surface area (Å²) in [5, 5.41) is 9.46. The van der Waals surface area contributed by atoms with Gasteiger partial charge >= 0.3 is 0 Å². The number of aryl methyl sites for hydroxylation is 2. The summed E-state index contributed by atoms with van der Waals surface area (Å²) in [5.41, 5.74) is 5.21. The SMILES string of the molecule is Cc1ccc(C)c(-c2nc3ccc(O)cc3[nH]2)c1. The molecule has 0 aliphatic heterocycles. The van der Waals surface area contributed by atoms with Gasteiger partial charge in [-0.1, -0.05) is 17.7 Å².